The van der Waals surface area contributed by atoms with Crippen LogP contribution in [0.2, 0.25) is 0 Å². The van der Waals surface area contributed by atoms with Gasteiger partial charge in [0.25, 0.3) is 0 Å². The fourth-order valence-electron chi connectivity index (χ4n) is 1.84. The van der Waals surface area contributed by atoms with Gasteiger partial charge in [0, 0.05) is 32.1 Å². The van der Waals surface area contributed by atoms with Crippen LogP contribution in [0.5, 0.6) is 0 Å². The highest BCUT2D eigenvalue weighted by Crippen LogP contribution is 2.00. The second kappa shape index (κ2) is 9.43. The lowest BCUT2D eigenvalue weighted by Crippen LogP contribution is -2.45. The van der Waals surface area contributed by atoms with Crippen LogP contribution in [0.1, 0.15) is 47.4 Å². The molecule has 1 rings (SSSR count). The summed E-state index contributed by atoms with van der Waals surface area (Å²) >= 11 is 0. The summed E-state index contributed by atoms with van der Waals surface area (Å²) in [6, 6.07) is 0.388. The van der Waals surface area contributed by atoms with Crippen LogP contribution in [0.25, 0.3) is 0 Å². The average molecular weight is 308 g/mol. The number of aromatic nitrogens is 3. The minimum atomic E-state index is 0.388. The maximum absolute atomic E-state index is 4.66. The molecule has 6 nitrogen and oxygen atoms in total. The fraction of sp³-hybridized carbons (Fsp3) is 0.812. The molecule has 0 saturated heterocycles. The normalized spacial score (nSPS) is 13.7. The minimum absolute atomic E-state index is 0.388. The molecule has 126 valence electrons. The summed E-state index contributed by atoms with van der Waals surface area (Å²) in [5.41, 5.74) is 0. The SMILES string of the molecule is CCc1nncn1CCNC(=NCC(C)C)NC(C)C(C)C. The fourth-order valence-corrected chi connectivity index (χ4v) is 1.84. The molecule has 0 saturated carbocycles. The molecule has 1 atom stereocenters. The van der Waals surface area contributed by atoms with E-state index in [-0.39, 0.29) is 0 Å². The molecule has 1 aromatic heterocycles. The number of hydrogen-bond acceptors (Lipinski definition) is 3. The molecule has 0 fully saturated rings. The number of aliphatic imine (C=N–C) groups is 1. The van der Waals surface area contributed by atoms with Gasteiger partial charge in [0.15, 0.2) is 5.96 Å². The van der Waals surface area contributed by atoms with Crippen molar-refractivity contribution in [1.29, 1.82) is 0 Å². The zero-order chi connectivity index (χ0) is 16.5. The number of hydrogen-bond donors (Lipinski definition) is 2. The van der Waals surface area contributed by atoms with E-state index < -0.39 is 0 Å². The molecule has 1 heterocycles. The molecule has 0 aliphatic heterocycles. The van der Waals surface area contributed by atoms with E-state index in [0.717, 1.165) is 37.8 Å². The van der Waals surface area contributed by atoms with Crippen LogP contribution in [0.4, 0.5) is 0 Å². The van der Waals surface area contributed by atoms with E-state index in [4.69, 9.17) is 0 Å². The highest BCUT2D eigenvalue weighted by molar-refractivity contribution is 5.80. The first-order valence-electron chi connectivity index (χ1n) is 8.35. The summed E-state index contributed by atoms with van der Waals surface area (Å²) in [6.45, 7) is 15.5. The molecule has 0 bridgehead atoms. The van der Waals surface area contributed by atoms with Crippen LogP contribution < -0.4 is 10.6 Å². The molecule has 0 aromatic carbocycles. The van der Waals surface area contributed by atoms with E-state index in [1.807, 2.05) is 0 Å². The summed E-state index contributed by atoms with van der Waals surface area (Å²) in [4.78, 5) is 4.66. The Balaban J connectivity index is 2.55. The third-order valence-electron chi connectivity index (χ3n) is 3.64. The lowest BCUT2D eigenvalue weighted by molar-refractivity contribution is 0.478. The summed E-state index contributed by atoms with van der Waals surface area (Å²) < 4.78 is 2.08. The Morgan fingerprint density at radius 2 is 2.00 bits per heavy atom. The Kier molecular flexibility index (Phi) is 7.91. The smallest absolute Gasteiger partial charge is 0.191 e. The van der Waals surface area contributed by atoms with Crippen LogP contribution in [0.15, 0.2) is 11.3 Å². The van der Waals surface area contributed by atoms with Gasteiger partial charge in [-0.2, -0.15) is 0 Å². The maximum atomic E-state index is 4.66. The van der Waals surface area contributed by atoms with Crippen molar-refractivity contribution >= 4 is 5.96 Å². The highest BCUT2D eigenvalue weighted by Gasteiger charge is 2.09. The van der Waals surface area contributed by atoms with Crippen LogP contribution in [0.3, 0.4) is 0 Å². The minimum Gasteiger partial charge on any atom is -0.355 e. The maximum Gasteiger partial charge on any atom is 0.191 e. The van der Waals surface area contributed by atoms with Gasteiger partial charge in [-0.3, -0.25) is 4.99 Å². The van der Waals surface area contributed by atoms with Crippen molar-refractivity contribution in [3.8, 4) is 0 Å². The van der Waals surface area contributed by atoms with E-state index in [9.17, 15) is 0 Å². The molecule has 0 amide bonds. The van der Waals surface area contributed by atoms with Crippen LogP contribution in [-0.4, -0.2) is 39.9 Å². The summed E-state index contributed by atoms with van der Waals surface area (Å²) in [5, 5.41) is 15.0. The Bertz CT molecular complexity index is 449. The second-order valence-corrected chi connectivity index (χ2v) is 6.48. The summed E-state index contributed by atoms with van der Waals surface area (Å²) in [6.07, 6.45) is 2.69. The Hall–Kier alpha value is -1.59. The van der Waals surface area contributed by atoms with E-state index in [0.29, 0.717) is 17.9 Å². The third-order valence-corrected chi connectivity index (χ3v) is 3.64. The lowest BCUT2D eigenvalue weighted by atomic mass is 10.1. The summed E-state index contributed by atoms with van der Waals surface area (Å²) in [7, 11) is 0. The van der Waals surface area contributed by atoms with E-state index in [2.05, 4.69) is 71.9 Å². The van der Waals surface area contributed by atoms with Gasteiger partial charge in [-0.25, -0.2) is 0 Å². The van der Waals surface area contributed by atoms with Gasteiger partial charge in [0.1, 0.15) is 12.2 Å². The monoisotopic (exact) mass is 308 g/mol. The lowest BCUT2D eigenvalue weighted by Gasteiger charge is -2.21. The largest absolute Gasteiger partial charge is 0.355 e. The van der Waals surface area contributed by atoms with Gasteiger partial charge in [-0.05, 0) is 18.8 Å². The first kappa shape index (κ1) is 18.5. The van der Waals surface area contributed by atoms with Gasteiger partial charge in [-0.1, -0.05) is 34.6 Å². The van der Waals surface area contributed by atoms with Gasteiger partial charge < -0.3 is 15.2 Å². The zero-order valence-electron chi connectivity index (χ0n) is 14.9. The van der Waals surface area contributed by atoms with Gasteiger partial charge in [0.2, 0.25) is 0 Å². The predicted octanol–water partition coefficient (Wildman–Crippen LogP) is 2.08. The molecule has 1 unspecified atom stereocenters. The van der Waals surface area contributed by atoms with Crippen molar-refractivity contribution in [3.05, 3.63) is 12.2 Å². The number of rotatable bonds is 8. The van der Waals surface area contributed by atoms with Crippen molar-refractivity contribution in [2.45, 2.75) is 60.5 Å². The van der Waals surface area contributed by atoms with E-state index >= 15 is 0 Å². The standard InChI is InChI=1S/C16H32N6/c1-7-15-21-19-11-22(15)9-8-17-16(18-10-12(2)3)20-14(6)13(4)5/h11-14H,7-10H2,1-6H3,(H2,17,18,20). The van der Waals surface area contributed by atoms with Crippen LogP contribution in [0, 0.1) is 11.8 Å². The van der Waals surface area contributed by atoms with Crippen molar-refractivity contribution in [2.75, 3.05) is 13.1 Å². The van der Waals surface area contributed by atoms with Gasteiger partial charge in [0.05, 0.1) is 0 Å². The third kappa shape index (κ3) is 6.45. The summed E-state index contributed by atoms with van der Waals surface area (Å²) in [5.74, 6) is 3.03. The van der Waals surface area contributed by atoms with Crippen molar-refractivity contribution in [1.82, 2.24) is 25.4 Å². The molecule has 22 heavy (non-hydrogen) atoms. The first-order chi connectivity index (χ1) is 10.4. The van der Waals surface area contributed by atoms with E-state index in [1.165, 1.54) is 0 Å². The number of guanidine groups is 1. The molecule has 0 radical (unpaired) electrons. The highest BCUT2D eigenvalue weighted by atomic mass is 15.3. The first-order valence-corrected chi connectivity index (χ1v) is 8.35. The molecule has 0 aliphatic carbocycles. The van der Waals surface area contributed by atoms with Gasteiger partial charge in [-0.15, -0.1) is 10.2 Å². The van der Waals surface area contributed by atoms with Crippen molar-refractivity contribution in [2.24, 2.45) is 16.8 Å². The second-order valence-electron chi connectivity index (χ2n) is 6.48. The topological polar surface area (TPSA) is 67.1 Å². The predicted molar refractivity (Wildman–Crippen MR) is 92.0 cm³/mol. The van der Waals surface area contributed by atoms with Crippen LogP contribution >= 0.6 is 0 Å². The molecule has 6 heteroatoms. The zero-order valence-corrected chi connectivity index (χ0v) is 14.9. The van der Waals surface area contributed by atoms with Crippen molar-refractivity contribution < 1.29 is 0 Å². The molecule has 0 spiro atoms. The van der Waals surface area contributed by atoms with Crippen LogP contribution in [-0.2, 0) is 13.0 Å². The number of nitrogens with zero attached hydrogens (tertiary/aromatic N) is 4. The Morgan fingerprint density at radius 1 is 1.27 bits per heavy atom. The van der Waals surface area contributed by atoms with Crippen molar-refractivity contribution in [3.63, 3.8) is 0 Å². The number of aryl methyl sites for hydroxylation is 1. The van der Waals surface area contributed by atoms with Gasteiger partial charge >= 0.3 is 0 Å². The number of nitrogens with one attached hydrogen (secondary N) is 2. The molecule has 1 aromatic rings. The Morgan fingerprint density at radius 3 is 2.59 bits per heavy atom. The molecular weight excluding hydrogens is 276 g/mol. The molecule has 2 N–H and O–H groups in total. The average Bonchev–Trinajstić information content (AvgIpc) is 2.91. The van der Waals surface area contributed by atoms with E-state index in [1.54, 1.807) is 6.33 Å². The Labute approximate surface area is 134 Å². The molecule has 0 aliphatic rings. The quantitative estimate of drug-likeness (QED) is 0.570. The molecular formula is C16H32N6.